The van der Waals surface area contributed by atoms with Crippen LogP contribution in [0.1, 0.15) is 34.8 Å². The quantitative estimate of drug-likeness (QED) is 0.722. The molecule has 1 saturated heterocycles. The van der Waals surface area contributed by atoms with Crippen LogP contribution in [0, 0.1) is 22.7 Å². The number of nitriles is 2. The number of benzene rings is 1. The molecule has 1 aliphatic heterocycles. The second kappa shape index (κ2) is 9.23. The number of nitrogens with zero attached hydrogens (tertiary/aromatic N) is 3. The second-order valence-corrected chi connectivity index (χ2v) is 7.38. The SMILES string of the molecule is N#Cc1cc(C#N)c(S[C@H](C(=O)NC[C@H]2CCCO2)c2ccccc2)nc1N. The lowest BCUT2D eigenvalue weighted by Gasteiger charge is -2.19. The third kappa shape index (κ3) is 4.61. The molecule has 0 bridgehead atoms. The Hall–Kier alpha value is -3.07. The first kappa shape index (κ1) is 19.7. The number of rotatable bonds is 6. The highest BCUT2D eigenvalue weighted by Crippen LogP contribution is 2.37. The Balaban J connectivity index is 1.86. The fourth-order valence-electron chi connectivity index (χ4n) is 2.89. The maximum absolute atomic E-state index is 12.9. The molecule has 7 nitrogen and oxygen atoms in total. The van der Waals surface area contributed by atoms with Crippen LogP contribution in [-0.2, 0) is 9.53 Å². The first-order valence-corrected chi connectivity index (χ1v) is 9.72. The van der Waals surface area contributed by atoms with Crippen molar-refractivity contribution < 1.29 is 9.53 Å². The third-order valence-corrected chi connectivity index (χ3v) is 5.61. The molecule has 1 amide bonds. The molecule has 8 heteroatoms. The van der Waals surface area contributed by atoms with E-state index in [4.69, 9.17) is 15.7 Å². The number of nitrogens with two attached hydrogens (primary N) is 1. The van der Waals surface area contributed by atoms with Gasteiger partial charge >= 0.3 is 0 Å². The highest BCUT2D eigenvalue weighted by molar-refractivity contribution is 8.00. The lowest BCUT2D eigenvalue weighted by atomic mass is 10.1. The van der Waals surface area contributed by atoms with Gasteiger partial charge in [-0.05, 0) is 24.5 Å². The standard InChI is InChI=1S/C20H19N5O2S/c21-10-14-9-15(11-22)20(25-18(14)23)28-17(13-5-2-1-3-6-13)19(26)24-12-16-7-4-8-27-16/h1-3,5-6,9,16-17H,4,7-8,12H2,(H2,23,25)(H,24,26)/t16-,17+/m1/s1. The molecule has 0 aliphatic carbocycles. The number of amides is 1. The Morgan fingerprint density at radius 3 is 2.71 bits per heavy atom. The van der Waals surface area contributed by atoms with Crippen molar-refractivity contribution in [2.45, 2.75) is 29.2 Å². The second-order valence-electron chi connectivity index (χ2n) is 6.29. The van der Waals surface area contributed by atoms with E-state index in [1.165, 1.54) is 6.07 Å². The predicted molar refractivity (Wildman–Crippen MR) is 105 cm³/mol. The summed E-state index contributed by atoms with van der Waals surface area (Å²) >= 11 is 1.14. The van der Waals surface area contributed by atoms with Gasteiger partial charge in [-0.15, -0.1) is 0 Å². The van der Waals surface area contributed by atoms with Crippen LogP contribution in [0.25, 0.3) is 0 Å². The number of nitrogen functional groups attached to an aromatic ring is 1. The summed E-state index contributed by atoms with van der Waals surface area (Å²) in [6.45, 7) is 1.16. The molecule has 2 heterocycles. The normalized spacial score (nSPS) is 16.7. The Morgan fingerprint density at radius 2 is 2.07 bits per heavy atom. The number of aromatic nitrogens is 1. The van der Waals surface area contributed by atoms with Crippen molar-refractivity contribution in [2.75, 3.05) is 18.9 Å². The summed E-state index contributed by atoms with van der Waals surface area (Å²) in [6.07, 6.45) is 1.95. The number of thioether (sulfide) groups is 1. The molecule has 2 aromatic rings. The van der Waals surface area contributed by atoms with Gasteiger partial charge in [0.1, 0.15) is 28.2 Å². The zero-order valence-corrected chi connectivity index (χ0v) is 15.9. The minimum absolute atomic E-state index is 0.0312. The molecule has 1 aromatic heterocycles. The van der Waals surface area contributed by atoms with Gasteiger partial charge in [0.05, 0.1) is 17.2 Å². The largest absolute Gasteiger partial charge is 0.383 e. The average molecular weight is 393 g/mol. The van der Waals surface area contributed by atoms with Gasteiger partial charge in [0.2, 0.25) is 5.91 Å². The van der Waals surface area contributed by atoms with E-state index in [-0.39, 0.29) is 29.0 Å². The van der Waals surface area contributed by atoms with Crippen LogP contribution in [0.15, 0.2) is 41.4 Å². The van der Waals surface area contributed by atoms with E-state index >= 15 is 0 Å². The number of carbonyl (C=O) groups is 1. The monoisotopic (exact) mass is 393 g/mol. The van der Waals surface area contributed by atoms with Crippen molar-refractivity contribution in [3.05, 3.63) is 53.1 Å². The Labute approximate surface area is 167 Å². The van der Waals surface area contributed by atoms with E-state index in [9.17, 15) is 10.1 Å². The lowest BCUT2D eigenvalue weighted by molar-refractivity contribution is -0.121. The zero-order chi connectivity index (χ0) is 19.9. The maximum atomic E-state index is 12.9. The number of hydrogen-bond donors (Lipinski definition) is 2. The van der Waals surface area contributed by atoms with Crippen molar-refractivity contribution >= 4 is 23.5 Å². The van der Waals surface area contributed by atoms with Gasteiger partial charge in [-0.2, -0.15) is 10.5 Å². The smallest absolute Gasteiger partial charge is 0.238 e. The molecule has 0 spiro atoms. The third-order valence-electron chi connectivity index (χ3n) is 4.36. The molecular formula is C20H19N5O2S. The molecule has 28 heavy (non-hydrogen) atoms. The number of hydrogen-bond acceptors (Lipinski definition) is 7. The lowest BCUT2D eigenvalue weighted by Crippen LogP contribution is -2.34. The van der Waals surface area contributed by atoms with E-state index in [1.807, 2.05) is 42.5 Å². The van der Waals surface area contributed by atoms with E-state index in [2.05, 4.69) is 10.3 Å². The van der Waals surface area contributed by atoms with Gasteiger partial charge in [-0.1, -0.05) is 42.1 Å². The summed E-state index contributed by atoms with van der Waals surface area (Å²) < 4.78 is 5.56. The van der Waals surface area contributed by atoms with Crippen molar-refractivity contribution in [1.82, 2.24) is 10.3 Å². The fraction of sp³-hybridized carbons (Fsp3) is 0.300. The highest BCUT2D eigenvalue weighted by Gasteiger charge is 2.26. The molecule has 0 radical (unpaired) electrons. The Morgan fingerprint density at radius 1 is 1.32 bits per heavy atom. The Kier molecular flexibility index (Phi) is 6.49. The van der Waals surface area contributed by atoms with Crippen LogP contribution in [0.5, 0.6) is 0 Å². The number of carbonyl (C=O) groups excluding carboxylic acids is 1. The van der Waals surface area contributed by atoms with Gasteiger partial charge in [0.25, 0.3) is 0 Å². The van der Waals surface area contributed by atoms with Crippen LogP contribution in [-0.4, -0.2) is 30.1 Å². The predicted octanol–water partition coefficient (Wildman–Crippen LogP) is 2.54. The fourth-order valence-corrected chi connectivity index (χ4v) is 3.98. The first-order valence-electron chi connectivity index (χ1n) is 8.84. The molecule has 3 rings (SSSR count). The van der Waals surface area contributed by atoms with Crippen molar-refractivity contribution in [3.63, 3.8) is 0 Å². The maximum Gasteiger partial charge on any atom is 0.238 e. The van der Waals surface area contributed by atoms with E-state index in [0.717, 1.165) is 36.8 Å². The van der Waals surface area contributed by atoms with Gasteiger partial charge in [-0.25, -0.2) is 4.98 Å². The van der Waals surface area contributed by atoms with Crippen molar-refractivity contribution in [3.8, 4) is 12.1 Å². The molecule has 1 aliphatic rings. The average Bonchev–Trinajstić information content (AvgIpc) is 3.24. The van der Waals surface area contributed by atoms with Crippen LogP contribution < -0.4 is 11.1 Å². The molecule has 2 atom stereocenters. The minimum atomic E-state index is -0.616. The molecule has 142 valence electrons. The molecule has 0 unspecified atom stereocenters. The number of pyridine rings is 1. The van der Waals surface area contributed by atoms with Gasteiger partial charge in [0.15, 0.2) is 0 Å². The highest BCUT2D eigenvalue weighted by atomic mass is 32.2. The summed E-state index contributed by atoms with van der Waals surface area (Å²) in [5, 5.41) is 21.2. The van der Waals surface area contributed by atoms with Gasteiger partial charge < -0.3 is 15.8 Å². The van der Waals surface area contributed by atoms with Crippen LogP contribution in [0.2, 0.25) is 0 Å². The van der Waals surface area contributed by atoms with Crippen LogP contribution in [0.3, 0.4) is 0 Å². The minimum Gasteiger partial charge on any atom is -0.383 e. The topological polar surface area (TPSA) is 125 Å². The summed E-state index contributed by atoms with van der Waals surface area (Å²) in [5.41, 5.74) is 6.95. The summed E-state index contributed by atoms with van der Waals surface area (Å²) in [4.78, 5) is 17.1. The van der Waals surface area contributed by atoms with Gasteiger partial charge in [0, 0.05) is 13.2 Å². The summed E-state index contributed by atoms with van der Waals surface area (Å²) in [6, 6.07) is 14.6. The number of anilines is 1. The number of nitrogens with one attached hydrogen (secondary N) is 1. The van der Waals surface area contributed by atoms with E-state index in [0.29, 0.717) is 11.6 Å². The van der Waals surface area contributed by atoms with Crippen LogP contribution >= 0.6 is 11.8 Å². The van der Waals surface area contributed by atoms with E-state index in [1.54, 1.807) is 0 Å². The van der Waals surface area contributed by atoms with Crippen molar-refractivity contribution in [2.24, 2.45) is 0 Å². The Bertz CT molecular complexity index is 930. The molecule has 1 fully saturated rings. The van der Waals surface area contributed by atoms with E-state index < -0.39 is 5.25 Å². The summed E-state index contributed by atoms with van der Waals surface area (Å²) in [7, 11) is 0. The molecule has 3 N–H and O–H groups in total. The molecular weight excluding hydrogens is 374 g/mol. The molecule has 1 aromatic carbocycles. The zero-order valence-electron chi connectivity index (χ0n) is 15.1. The first-order chi connectivity index (χ1) is 13.6. The van der Waals surface area contributed by atoms with Crippen LogP contribution in [0.4, 0.5) is 5.82 Å². The van der Waals surface area contributed by atoms with Crippen molar-refractivity contribution in [1.29, 1.82) is 10.5 Å². The number of ether oxygens (including phenoxy) is 1. The molecule has 0 saturated carbocycles. The summed E-state index contributed by atoms with van der Waals surface area (Å²) in [5.74, 6) is -0.157. The van der Waals surface area contributed by atoms with Gasteiger partial charge in [-0.3, -0.25) is 4.79 Å².